The number of likely N-dealkylation sites (N-methyl/N-ethyl adjacent to an activating group) is 2. The summed E-state index contributed by atoms with van der Waals surface area (Å²) in [5.41, 5.74) is 0.180. The van der Waals surface area contributed by atoms with Crippen LogP contribution < -0.4 is 4.90 Å². The van der Waals surface area contributed by atoms with Gasteiger partial charge in [0.15, 0.2) is 0 Å². The van der Waals surface area contributed by atoms with E-state index >= 15 is 0 Å². The Bertz CT molecular complexity index is 1530. The number of fused-ring (bicyclic) bond motifs is 1. The van der Waals surface area contributed by atoms with Crippen LogP contribution in [0.3, 0.4) is 0 Å². The first-order valence-electron chi connectivity index (χ1n) is 13.7. The number of alkyl halides is 3. The topological polar surface area (TPSA) is 113 Å². The number of nitriles is 1. The van der Waals surface area contributed by atoms with Gasteiger partial charge in [-0.05, 0) is 42.8 Å². The lowest BCUT2D eigenvalue weighted by atomic mass is 9.92. The Hall–Kier alpha value is -4.61. The van der Waals surface area contributed by atoms with Crippen molar-refractivity contribution in [3.63, 3.8) is 0 Å². The summed E-state index contributed by atoms with van der Waals surface area (Å²) in [6, 6.07) is 11.8. The van der Waals surface area contributed by atoms with E-state index in [1.54, 1.807) is 38.2 Å². The Morgan fingerprint density at radius 2 is 1.82 bits per heavy atom. The number of quaternary nitrogens is 1. The maximum Gasteiger partial charge on any atom is 0.416 e. The maximum atomic E-state index is 13.7. The molecular weight excluding hydrogens is 579 g/mol. The molecule has 0 radical (unpaired) electrons. The molecule has 44 heavy (non-hydrogen) atoms. The number of halogens is 3. The number of anilines is 1. The number of carbonyl (C=O) groups is 2. The van der Waals surface area contributed by atoms with Gasteiger partial charge in [-0.15, -0.1) is 5.10 Å². The molecule has 4 rings (SSSR count). The summed E-state index contributed by atoms with van der Waals surface area (Å²) >= 11 is 0. The van der Waals surface area contributed by atoms with Crippen LogP contribution in [0.5, 0.6) is 0 Å². The number of ether oxygens (including phenoxy) is 1. The summed E-state index contributed by atoms with van der Waals surface area (Å²) in [6.45, 7) is 2.30. The fraction of sp³-hybridized carbons (Fsp3) is 0.400. The van der Waals surface area contributed by atoms with Gasteiger partial charge in [0, 0.05) is 18.4 Å². The minimum absolute atomic E-state index is 0.00171. The van der Waals surface area contributed by atoms with Crippen LogP contribution in [0.15, 0.2) is 64.9 Å². The SMILES string of the molecule is COC(=O)C1=C(C)N(c2cccc(C(F)(F)F)c2)C2=NN(CC(=O)N(C)CC[N+](C)(C)C)C(O)N2C1c1ccc(C#N)cc1. The second-order valence-electron chi connectivity index (χ2n) is 11.6. The second-order valence-corrected chi connectivity index (χ2v) is 11.6. The zero-order valence-corrected chi connectivity index (χ0v) is 25.3. The molecule has 2 atom stereocenters. The lowest BCUT2D eigenvalue weighted by Crippen LogP contribution is -2.54. The summed E-state index contributed by atoms with van der Waals surface area (Å²) in [5.74, 6) is -1.13. The molecule has 0 saturated heterocycles. The van der Waals surface area contributed by atoms with E-state index < -0.39 is 30.1 Å². The molecule has 14 heteroatoms. The lowest BCUT2D eigenvalue weighted by Gasteiger charge is -2.43. The van der Waals surface area contributed by atoms with E-state index in [0.717, 1.165) is 17.1 Å². The molecule has 0 bridgehead atoms. The van der Waals surface area contributed by atoms with E-state index in [2.05, 4.69) is 5.10 Å². The molecule has 11 nitrogen and oxygen atoms in total. The smallest absolute Gasteiger partial charge is 0.416 e. The summed E-state index contributed by atoms with van der Waals surface area (Å²) in [5, 5.41) is 26.6. The maximum absolute atomic E-state index is 13.7. The van der Waals surface area contributed by atoms with Crippen molar-refractivity contribution in [1.82, 2.24) is 14.8 Å². The van der Waals surface area contributed by atoms with Gasteiger partial charge < -0.3 is 19.2 Å². The molecule has 1 N–H and O–H groups in total. The first-order chi connectivity index (χ1) is 20.6. The number of aliphatic hydroxyl groups is 1. The number of benzene rings is 2. The molecule has 2 aromatic rings. The third-order valence-electron chi connectivity index (χ3n) is 7.46. The van der Waals surface area contributed by atoms with Gasteiger partial charge in [0.2, 0.25) is 18.2 Å². The molecule has 0 fully saturated rings. The van der Waals surface area contributed by atoms with Crippen LogP contribution in [0.4, 0.5) is 18.9 Å². The number of methoxy groups -OCH3 is 1. The number of hydrogen-bond donors (Lipinski definition) is 1. The molecule has 2 aromatic carbocycles. The zero-order valence-electron chi connectivity index (χ0n) is 25.3. The molecule has 2 aliphatic rings. The van der Waals surface area contributed by atoms with Gasteiger partial charge in [0.25, 0.3) is 0 Å². The van der Waals surface area contributed by atoms with Gasteiger partial charge in [0.05, 0.1) is 70.2 Å². The minimum atomic E-state index is -4.65. The Balaban J connectivity index is 1.86. The van der Waals surface area contributed by atoms with E-state index in [9.17, 15) is 33.1 Å². The molecule has 0 aliphatic carbocycles. The Kier molecular flexibility index (Phi) is 8.94. The normalized spacial score (nSPS) is 18.6. The molecule has 0 saturated carbocycles. The molecule has 1 amide bonds. The van der Waals surface area contributed by atoms with Gasteiger partial charge >= 0.3 is 12.1 Å². The summed E-state index contributed by atoms with van der Waals surface area (Å²) in [6.07, 6.45) is -6.24. The number of nitrogens with zero attached hydrogens (tertiary/aromatic N) is 7. The van der Waals surface area contributed by atoms with Crippen LogP contribution in [-0.4, -0.2) is 104 Å². The summed E-state index contributed by atoms with van der Waals surface area (Å²) < 4.78 is 46.9. The predicted molar refractivity (Wildman–Crippen MR) is 155 cm³/mol. The predicted octanol–water partition coefficient (Wildman–Crippen LogP) is 2.91. The first-order valence-corrected chi connectivity index (χ1v) is 13.7. The average molecular weight is 615 g/mol. The first kappa shape index (κ1) is 32.3. The van der Waals surface area contributed by atoms with E-state index in [-0.39, 0.29) is 35.4 Å². The van der Waals surface area contributed by atoms with E-state index in [1.165, 1.54) is 33.9 Å². The highest BCUT2D eigenvalue weighted by Gasteiger charge is 2.49. The van der Waals surface area contributed by atoms with Gasteiger partial charge in [-0.25, -0.2) is 9.80 Å². The minimum Gasteiger partial charge on any atom is -0.466 e. The zero-order chi connectivity index (χ0) is 32.6. The van der Waals surface area contributed by atoms with Crippen molar-refractivity contribution in [2.75, 3.05) is 59.8 Å². The quantitative estimate of drug-likeness (QED) is 0.357. The van der Waals surface area contributed by atoms with Crippen LogP contribution in [0.2, 0.25) is 0 Å². The van der Waals surface area contributed by atoms with Crippen LogP contribution in [0, 0.1) is 11.3 Å². The average Bonchev–Trinajstić information content (AvgIpc) is 3.28. The molecule has 2 aliphatic heterocycles. The third kappa shape index (κ3) is 6.48. The van der Waals surface area contributed by atoms with Crippen molar-refractivity contribution in [1.29, 1.82) is 5.26 Å². The largest absolute Gasteiger partial charge is 0.466 e. The van der Waals surface area contributed by atoms with Crippen molar-refractivity contribution < 1.29 is 37.1 Å². The van der Waals surface area contributed by atoms with E-state index in [1.807, 2.05) is 27.2 Å². The number of guanidine groups is 1. The van der Waals surface area contributed by atoms with Crippen molar-refractivity contribution in [2.45, 2.75) is 25.5 Å². The monoisotopic (exact) mass is 614 g/mol. The summed E-state index contributed by atoms with van der Waals surface area (Å²) in [7, 11) is 8.79. The molecule has 234 valence electrons. The molecule has 0 spiro atoms. The Morgan fingerprint density at radius 1 is 1.16 bits per heavy atom. The van der Waals surface area contributed by atoms with Gasteiger partial charge in [0.1, 0.15) is 6.54 Å². The highest BCUT2D eigenvalue weighted by molar-refractivity contribution is 6.06. The number of rotatable bonds is 8. The van der Waals surface area contributed by atoms with Crippen molar-refractivity contribution in [2.24, 2.45) is 5.10 Å². The number of allylic oxidation sites excluding steroid dienone is 1. The Morgan fingerprint density at radius 3 is 2.39 bits per heavy atom. The van der Waals surface area contributed by atoms with Crippen molar-refractivity contribution in [3.05, 3.63) is 76.5 Å². The van der Waals surface area contributed by atoms with Crippen LogP contribution in [-0.2, 0) is 20.5 Å². The molecule has 2 heterocycles. The number of carbonyl (C=O) groups excluding carboxylic acids is 2. The highest BCUT2D eigenvalue weighted by Crippen LogP contribution is 2.44. The van der Waals surface area contributed by atoms with Crippen LogP contribution in [0.25, 0.3) is 0 Å². The van der Waals surface area contributed by atoms with Crippen molar-refractivity contribution >= 4 is 23.5 Å². The standard InChI is InChI=1S/C30H35F3N7O4/c1-19-25(27(42)44-6)26(21-12-10-20(17-34)11-13-21)39-28(38(19)23-9-7-8-22(16-23)30(31,32)33)35-37(29(39)43)18-24(41)36(2)14-15-40(3,4)5/h7-13,16,26,29,43H,14-15,18H2,1-6H3/q+1. The van der Waals surface area contributed by atoms with Gasteiger partial charge in [-0.2, -0.15) is 18.4 Å². The second kappa shape index (κ2) is 12.2. The fourth-order valence-electron chi connectivity index (χ4n) is 5.00. The summed E-state index contributed by atoms with van der Waals surface area (Å²) in [4.78, 5) is 30.7. The number of hydrogen-bond acceptors (Lipinski definition) is 9. The molecule has 2 unspecified atom stereocenters. The molecule has 0 aromatic heterocycles. The lowest BCUT2D eigenvalue weighted by molar-refractivity contribution is -0.869. The van der Waals surface area contributed by atoms with Crippen LogP contribution in [0.1, 0.15) is 29.7 Å². The number of amides is 1. The van der Waals surface area contributed by atoms with Crippen molar-refractivity contribution in [3.8, 4) is 6.07 Å². The van der Waals surface area contributed by atoms with Gasteiger partial charge in [-0.3, -0.25) is 14.6 Å². The third-order valence-corrected chi connectivity index (χ3v) is 7.46. The van der Waals surface area contributed by atoms with Gasteiger partial charge in [-0.1, -0.05) is 18.2 Å². The number of hydrazone groups is 1. The van der Waals surface area contributed by atoms with Crippen LogP contribution >= 0.6 is 0 Å². The number of esters is 1. The fourth-order valence-corrected chi connectivity index (χ4v) is 5.00. The molecular formula is C30H35F3N7O4+. The Labute approximate surface area is 253 Å². The van der Waals surface area contributed by atoms with E-state index in [0.29, 0.717) is 28.7 Å². The highest BCUT2D eigenvalue weighted by atomic mass is 19.4. The number of aliphatic hydroxyl groups excluding tert-OH is 1. The van der Waals surface area contributed by atoms with E-state index in [4.69, 9.17) is 4.74 Å².